The maximum atomic E-state index is 5.58. The molecule has 1 aliphatic carbocycles. The van der Waals surface area contributed by atoms with Crippen LogP contribution in [-0.4, -0.2) is 5.28 Å². The van der Waals surface area contributed by atoms with Gasteiger partial charge in [0, 0.05) is 5.28 Å². The summed E-state index contributed by atoms with van der Waals surface area (Å²) in [6.07, 6.45) is 3.70. The first kappa shape index (κ1) is 4.55. The van der Waals surface area contributed by atoms with Crippen molar-refractivity contribution >= 4 is 9.24 Å². The molecular weight excluding hydrogens is 93.0 g/mol. The predicted molar refractivity (Wildman–Crippen MR) is 30.5 cm³/mol. The molecule has 0 bridgehead atoms. The monoisotopic (exact) mass is 103 g/mol. The maximum Gasteiger partial charge on any atom is 0.0297 e. The molecule has 2 N–H and O–H groups in total. The molecule has 1 aliphatic rings. The third kappa shape index (κ3) is 0.717. The molecule has 0 aromatic rings. The van der Waals surface area contributed by atoms with Crippen LogP contribution in [0.2, 0.25) is 0 Å². The normalized spacial score (nSPS) is 29.0. The van der Waals surface area contributed by atoms with Gasteiger partial charge in [0.2, 0.25) is 0 Å². The van der Waals surface area contributed by atoms with E-state index in [0.717, 1.165) is 0 Å². The van der Waals surface area contributed by atoms with Crippen molar-refractivity contribution in [1.82, 2.24) is 0 Å². The molecule has 1 nitrogen and oxygen atoms in total. The Bertz CT molecular complexity index is 54.6. The first-order valence-corrected chi connectivity index (χ1v) is 2.86. The molecule has 0 saturated heterocycles. The Hall–Kier alpha value is 0.390. The highest BCUT2D eigenvalue weighted by atomic mass is 31.0. The van der Waals surface area contributed by atoms with E-state index >= 15 is 0 Å². The Balaban J connectivity index is 2.31. The van der Waals surface area contributed by atoms with E-state index < -0.39 is 0 Å². The number of nitrogens with two attached hydrogens (primary N) is 1. The molecule has 0 heterocycles. The molecule has 36 valence electrons. The van der Waals surface area contributed by atoms with Gasteiger partial charge in [0.1, 0.15) is 0 Å². The number of hydrogen-bond donors (Lipinski definition) is 1. The highest BCUT2D eigenvalue weighted by molar-refractivity contribution is 7.18. The van der Waals surface area contributed by atoms with Gasteiger partial charge in [-0.1, -0.05) is 0 Å². The molecule has 0 spiro atoms. The van der Waals surface area contributed by atoms with E-state index in [-0.39, 0.29) is 5.28 Å². The fourth-order valence-corrected chi connectivity index (χ4v) is 0.993. The summed E-state index contributed by atoms with van der Waals surface area (Å²) in [5.74, 6) is 0. The first-order valence-electron chi connectivity index (χ1n) is 2.28. The van der Waals surface area contributed by atoms with Gasteiger partial charge < -0.3 is 5.73 Å². The minimum Gasteiger partial charge on any atom is -0.322 e. The zero-order chi connectivity index (χ0) is 4.62. The summed E-state index contributed by atoms with van der Waals surface area (Å²) in [6.45, 7) is 0. The Kier molecular flexibility index (Phi) is 0.893. The fraction of sp³-hybridized carbons (Fsp3) is 1.00. The summed E-state index contributed by atoms with van der Waals surface area (Å²) in [6, 6.07) is 0. The maximum absolute atomic E-state index is 5.58. The van der Waals surface area contributed by atoms with Crippen molar-refractivity contribution < 1.29 is 0 Å². The van der Waals surface area contributed by atoms with Crippen LogP contribution in [0.5, 0.6) is 0 Å². The van der Waals surface area contributed by atoms with E-state index in [4.69, 9.17) is 5.73 Å². The average molecular weight is 103 g/mol. The van der Waals surface area contributed by atoms with E-state index in [2.05, 4.69) is 9.24 Å². The fourth-order valence-electron chi connectivity index (χ4n) is 0.585. The van der Waals surface area contributed by atoms with Gasteiger partial charge >= 0.3 is 0 Å². The second-order valence-corrected chi connectivity index (χ2v) is 3.24. The lowest BCUT2D eigenvalue weighted by atomic mass is 9.93. The average Bonchev–Trinajstić information content (AvgIpc) is 1.32. The molecule has 1 atom stereocenters. The van der Waals surface area contributed by atoms with Crippen LogP contribution < -0.4 is 5.73 Å². The van der Waals surface area contributed by atoms with E-state index in [9.17, 15) is 0 Å². The molecule has 0 aliphatic heterocycles. The highest BCUT2D eigenvalue weighted by Crippen LogP contribution is 2.34. The van der Waals surface area contributed by atoms with E-state index in [1.165, 1.54) is 19.3 Å². The quantitative estimate of drug-likeness (QED) is 0.449. The van der Waals surface area contributed by atoms with Crippen LogP contribution in [0, 0.1) is 0 Å². The molecule has 1 unspecified atom stereocenters. The van der Waals surface area contributed by atoms with Crippen molar-refractivity contribution in [2.75, 3.05) is 0 Å². The second-order valence-electron chi connectivity index (χ2n) is 2.09. The Morgan fingerprint density at radius 2 is 1.83 bits per heavy atom. The lowest BCUT2D eigenvalue weighted by Gasteiger charge is -2.33. The molecule has 1 fully saturated rings. The van der Waals surface area contributed by atoms with E-state index in [0.29, 0.717) is 0 Å². The van der Waals surface area contributed by atoms with Gasteiger partial charge in [0.15, 0.2) is 0 Å². The second kappa shape index (κ2) is 1.18. The zero-order valence-electron chi connectivity index (χ0n) is 3.78. The van der Waals surface area contributed by atoms with Gasteiger partial charge in [-0.05, 0) is 19.3 Å². The molecule has 0 aromatic heterocycles. The van der Waals surface area contributed by atoms with Gasteiger partial charge in [-0.25, -0.2) is 0 Å². The first-order chi connectivity index (χ1) is 2.71. The van der Waals surface area contributed by atoms with Crippen LogP contribution in [-0.2, 0) is 0 Å². The van der Waals surface area contributed by atoms with Gasteiger partial charge in [0.25, 0.3) is 0 Å². The largest absolute Gasteiger partial charge is 0.322 e. The van der Waals surface area contributed by atoms with Crippen LogP contribution >= 0.6 is 9.24 Å². The minimum absolute atomic E-state index is 0.139. The SMILES string of the molecule is NC1(P)CCC1. The lowest BCUT2D eigenvalue weighted by molar-refractivity contribution is 0.373. The summed E-state index contributed by atoms with van der Waals surface area (Å²) < 4.78 is 0. The van der Waals surface area contributed by atoms with Crippen LogP contribution in [0.15, 0.2) is 0 Å². The van der Waals surface area contributed by atoms with Crippen LogP contribution in [0.25, 0.3) is 0 Å². The van der Waals surface area contributed by atoms with Crippen molar-refractivity contribution in [3.63, 3.8) is 0 Å². The zero-order valence-corrected chi connectivity index (χ0v) is 4.93. The molecule has 0 aromatic carbocycles. The highest BCUT2D eigenvalue weighted by Gasteiger charge is 2.26. The predicted octanol–water partition coefficient (Wildman–Crippen LogP) is 0.700. The van der Waals surface area contributed by atoms with Crippen LogP contribution in [0.1, 0.15) is 19.3 Å². The van der Waals surface area contributed by atoms with Crippen molar-refractivity contribution in [1.29, 1.82) is 0 Å². The van der Waals surface area contributed by atoms with Gasteiger partial charge in [-0.15, -0.1) is 9.24 Å². The standard InChI is InChI=1S/C4H10NP/c5-4(6)2-1-3-4/h1-3,5-6H2. The van der Waals surface area contributed by atoms with Gasteiger partial charge in [-0.3, -0.25) is 0 Å². The molecule has 1 saturated carbocycles. The topological polar surface area (TPSA) is 26.0 Å². The Labute approximate surface area is 40.5 Å². The summed E-state index contributed by atoms with van der Waals surface area (Å²) in [5, 5.41) is 0.139. The van der Waals surface area contributed by atoms with Gasteiger partial charge in [-0.2, -0.15) is 0 Å². The molecule has 6 heavy (non-hydrogen) atoms. The Morgan fingerprint density at radius 1 is 1.50 bits per heavy atom. The van der Waals surface area contributed by atoms with Crippen molar-refractivity contribution in [2.24, 2.45) is 5.73 Å². The molecule has 0 amide bonds. The van der Waals surface area contributed by atoms with Gasteiger partial charge in [0.05, 0.1) is 0 Å². The van der Waals surface area contributed by atoms with Crippen LogP contribution in [0.4, 0.5) is 0 Å². The summed E-state index contributed by atoms with van der Waals surface area (Å²) in [5.41, 5.74) is 5.58. The molecule has 1 rings (SSSR count). The Morgan fingerprint density at radius 3 is 1.83 bits per heavy atom. The van der Waals surface area contributed by atoms with Crippen LogP contribution in [0.3, 0.4) is 0 Å². The molecule has 0 radical (unpaired) electrons. The third-order valence-corrected chi connectivity index (χ3v) is 1.86. The lowest BCUT2D eigenvalue weighted by Crippen LogP contribution is -2.39. The number of rotatable bonds is 0. The summed E-state index contributed by atoms with van der Waals surface area (Å²) in [4.78, 5) is 0. The minimum atomic E-state index is 0.139. The van der Waals surface area contributed by atoms with E-state index in [1.54, 1.807) is 0 Å². The smallest absolute Gasteiger partial charge is 0.0297 e. The van der Waals surface area contributed by atoms with Crippen molar-refractivity contribution in [2.45, 2.75) is 24.5 Å². The van der Waals surface area contributed by atoms with Crippen molar-refractivity contribution in [3.8, 4) is 0 Å². The third-order valence-electron chi connectivity index (χ3n) is 1.28. The molecular formula is C4H10NP. The summed E-state index contributed by atoms with van der Waals surface area (Å²) in [7, 11) is 2.66. The summed E-state index contributed by atoms with van der Waals surface area (Å²) >= 11 is 0. The van der Waals surface area contributed by atoms with E-state index in [1.807, 2.05) is 0 Å². The van der Waals surface area contributed by atoms with Crippen molar-refractivity contribution in [3.05, 3.63) is 0 Å². The molecule has 2 heteroatoms. The number of hydrogen-bond acceptors (Lipinski definition) is 1.